The third kappa shape index (κ3) is 9.72. The summed E-state index contributed by atoms with van der Waals surface area (Å²) in [5, 5.41) is 0. The van der Waals surface area contributed by atoms with Gasteiger partial charge in [-0.2, -0.15) is 0 Å². The van der Waals surface area contributed by atoms with Gasteiger partial charge in [0.1, 0.15) is 0 Å². The molecule has 0 saturated heterocycles. The molecule has 1 radical (unpaired) electrons. The maximum absolute atomic E-state index is 4.10. The number of hydrogen-bond acceptors (Lipinski definition) is 0. The molecule has 0 aliphatic carbocycles. The molecule has 0 amide bonds. The molecule has 1 aromatic carbocycles. The number of aryl methyl sites for hydroxylation is 1. The molecular formula is C21H35. The fourth-order valence-corrected chi connectivity index (χ4v) is 2.96. The van der Waals surface area contributed by atoms with E-state index in [1.165, 1.54) is 94.6 Å². The molecule has 0 heterocycles. The van der Waals surface area contributed by atoms with Gasteiger partial charge in [-0.25, -0.2) is 0 Å². The van der Waals surface area contributed by atoms with Gasteiger partial charge in [0.15, 0.2) is 0 Å². The monoisotopic (exact) mass is 287 g/mol. The van der Waals surface area contributed by atoms with Gasteiger partial charge in [0.2, 0.25) is 0 Å². The average Bonchev–Trinajstić information content (AvgIpc) is 2.50. The van der Waals surface area contributed by atoms with Gasteiger partial charge in [0.05, 0.1) is 0 Å². The second-order valence-corrected chi connectivity index (χ2v) is 6.41. The quantitative estimate of drug-likeness (QED) is 0.339. The van der Waals surface area contributed by atoms with Crippen LogP contribution in [-0.4, -0.2) is 0 Å². The van der Waals surface area contributed by atoms with E-state index in [0.717, 1.165) is 0 Å². The van der Waals surface area contributed by atoms with Crippen LogP contribution in [0.5, 0.6) is 0 Å². The summed E-state index contributed by atoms with van der Waals surface area (Å²) in [6, 6.07) is 8.55. The number of hydrogen-bond donors (Lipinski definition) is 0. The standard InChI is InChI=1S/C21H35/c1-3-4-5-6-7-8-9-10-11-12-13-14-18-21-19-16-15-17-20(21)2/h15-17,19H,2-14,18H2,1H3. The molecule has 119 valence electrons. The van der Waals surface area contributed by atoms with E-state index in [2.05, 4.69) is 38.1 Å². The summed E-state index contributed by atoms with van der Waals surface area (Å²) >= 11 is 0. The van der Waals surface area contributed by atoms with Crippen molar-refractivity contribution in [3.05, 3.63) is 42.3 Å². The first-order chi connectivity index (χ1) is 10.3. The van der Waals surface area contributed by atoms with Gasteiger partial charge in [-0.15, -0.1) is 0 Å². The summed E-state index contributed by atoms with van der Waals surface area (Å²) in [5.41, 5.74) is 2.64. The Kier molecular flexibility index (Phi) is 11.2. The first kappa shape index (κ1) is 18.3. The third-order valence-corrected chi connectivity index (χ3v) is 4.42. The SMILES string of the molecule is [CH2]c1ccccc1CCCCCCCCCCCCCC. The van der Waals surface area contributed by atoms with E-state index >= 15 is 0 Å². The molecule has 0 saturated carbocycles. The Labute approximate surface area is 133 Å². The Balaban J connectivity index is 1.84. The average molecular weight is 288 g/mol. The van der Waals surface area contributed by atoms with Crippen LogP contribution in [0.4, 0.5) is 0 Å². The van der Waals surface area contributed by atoms with Gasteiger partial charge in [0.25, 0.3) is 0 Å². The van der Waals surface area contributed by atoms with Crippen LogP contribution in [0.1, 0.15) is 95.1 Å². The first-order valence-electron chi connectivity index (χ1n) is 9.24. The van der Waals surface area contributed by atoms with Crippen LogP contribution in [-0.2, 0) is 6.42 Å². The summed E-state index contributed by atoms with van der Waals surface area (Å²) in [4.78, 5) is 0. The second kappa shape index (κ2) is 12.9. The van der Waals surface area contributed by atoms with E-state index < -0.39 is 0 Å². The Morgan fingerprint density at radius 2 is 1.14 bits per heavy atom. The van der Waals surface area contributed by atoms with E-state index in [0.29, 0.717) is 0 Å². The maximum Gasteiger partial charge on any atom is -0.0235 e. The number of benzene rings is 1. The van der Waals surface area contributed by atoms with Crippen molar-refractivity contribution in [2.75, 3.05) is 0 Å². The van der Waals surface area contributed by atoms with Crippen LogP contribution in [0.25, 0.3) is 0 Å². The molecule has 0 fully saturated rings. The largest absolute Gasteiger partial charge is 0.0654 e. The molecule has 0 aliphatic heterocycles. The van der Waals surface area contributed by atoms with Gasteiger partial charge >= 0.3 is 0 Å². The molecule has 0 unspecified atom stereocenters. The molecule has 21 heavy (non-hydrogen) atoms. The minimum absolute atomic E-state index is 1.21. The van der Waals surface area contributed by atoms with E-state index in [1.807, 2.05) is 0 Å². The normalized spacial score (nSPS) is 11.0. The van der Waals surface area contributed by atoms with Crippen molar-refractivity contribution >= 4 is 0 Å². The lowest BCUT2D eigenvalue weighted by molar-refractivity contribution is 0.544. The van der Waals surface area contributed by atoms with Crippen LogP contribution in [0.2, 0.25) is 0 Å². The molecule has 0 heteroatoms. The molecule has 0 aromatic heterocycles. The summed E-state index contributed by atoms with van der Waals surface area (Å²) in [6.45, 7) is 6.38. The van der Waals surface area contributed by atoms with Gasteiger partial charge in [-0.05, 0) is 30.9 Å². The van der Waals surface area contributed by atoms with Crippen molar-refractivity contribution in [2.45, 2.75) is 90.4 Å². The van der Waals surface area contributed by atoms with Gasteiger partial charge in [-0.3, -0.25) is 0 Å². The zero-order valence-corrected chi connectivity index (χ0v) is 14.2. The Bertz CT molecular complexity index is 340. The minimum Gasteiger partial charge on any atom is -0.0654 e. The highest BCUT2D eigenvalue weighted by Crippen LogP contribution is 2.14. The van der Waals surface area contributed by atoms with Crippen LogP contribution in [0, 0.1) is 6.92 Å². The van der Waals surface area contributed by atoms with Crippen molar-refractivity contribution in [3.8, 4) is 0 Å². The zero-order chi connectivity index (χ0) is 15.2. The molecule has 0 N–H and O–H groups in total. The molecule has 0 spiro atoms. The van der Waals surface area contributed by atoms with Crippen molar-refractivity contribution in [1.29, 1.82) is 0 Å². The molecule has 1 rings (SSSR count). The second-order valence-electron chi connectivity index (χ2n) is 6.41. The van der Waals surface area contributed by atoms with Crippen LogP contribution in [0.3, 0.4) is 0 Å². The van der Waals surface area contributed by atoms with Crippen LogP contribution < -0.4 is 0 Å². The Morgan fingerprint density at radius 3 is 1.67 bits per heavy atom. The van der Waals surface area contributed by atoms with Crippen LogP contribution >= 0.6 is 0 Å². The van der Waals surface area contributed by atoms with Crippen molar-refractivity contribution in [3.63, 3.8) is 0 Å². The zero-order valence-electron chi connectivity index (χ0n) is 14.2. The Hall–Kier alpha value is -0.780. The molecule has 0 aliphatic rings. The highest BCUT2D eigenvalue weighted by atomic mass is 14.0. The van der Waals surface area contributed by atoms with E-state index in [4.69, 9.17) is 0 Å². The summed E-state index contributed by atoms with van der Waals surface area (Å²) < 4.78 is 0. The van der Waals surface area contributed by atoms with Crippen molar-refractivity contribution < 1.29 is 0 Å². The van der Waals surface area contributed by atoms with E-state index in [-0.39, 0.29) is 0 Å². The topological polar surface area (TPSA) is 0 Å². The van der Waals surface area contributed by atoms with Gasteiger partial charge in [-0.1, -0.05) is 102 Å². The lowest BCUT2D eigenvalue weighted by atomic mass is 10.0. The minimum atomic E-state index is 1.21. The lowest BCUT2D eigenvalue weighted by Crippen LogP contribution is -1.89. The van der Waals surface area contributed by atoms with E-state index in [9.17, 15) is 0 Å². The molecule has 0 bridgehead atoms. The third-order valence-electron chi connectivity index (χ3n) is 4.42. The summed E-state index contributed by atoms with van der Waals surface area (Å²) in [5.74, 6) is 0. The lowest BCUT2D eigenvalue weighted by Gasteiger charge is -2.05. The molecule has 0 nitrogen and oxygen atoms in total. The predicted octanol–water partition coefficient (Wildman–Crippen LogP) is 7.11. The number of unbranched alkanes of at least 4 members (excludes halogenated alkanes) is 11. The van der Waals surface area contributed by atoms with Crippen LogP contribution in [0.15, 0.2) is 24.3 Å². The van der Waals surface area contributed by atoms with Crippen molar-refractivity contribution in [1.82, 2.24) is 0 Å². The first-order valence-corrected chi connectivity index (χ1v) is 9.24. The molecule has 0 atom stereocenters. The van der Waals surface area contributed by atoms with Crippen molar-refractivity contribution in [2.24, 2.45) is 0 Å². The predicted molar refractivity (Wildman–Crippen MR) is 95.7 cm³/mol. The fourth-order valence-electron chi connectivity index (χ4n) is 2.96. The molecular weight excluding hydrogens is 252 g/mol. The number of rotatable bonds is 13. The highest BCUT2D eigenvalue weighted by molar-refractivity contribution is 5.29. The van der Waals surface area contributed by atoms with E-state index in [1.54, 1.807) is 0 Å². The maximum atomic E-state index is 4.10. The highest BCUT2D eigenvalue weighted by Gasteiger charge is 1.97. The smallest absolute Gasteiger partial charge is 0.0235 e. The fraction of sp³-hybridized carbons (Fsp3) is 0.667. The van der Waals surface area contributed by atoms with Gasteiger partial charge < -0.3 is 0 Å². The van der Waals surface area contributed by atoms with Gasteiger partial charge in [0, 0.05) is 0 Å². The summed E-state index contributed by atoms with van der Waals surface area (Å²) in [6.07, 6.45) is 18.3. The Morgan fingerprint density at radius 1 is 0.667 bits per heavy atom. The summed E-state index contributed by atoms with van der Waals surface area (Å²) in [7, 11) is 0. The molecule has 1 aromatic rings.